The number of halogens is 3. The number of rotatable bonds is 1. The van der Waals surface area contributed by atoms with Gasteiger partial charge in [-0.15, -0.1) is 0 Å². The quantitative estimate of drug-likeness (QED) is 0.681. The third kappa shape index (κ3) is 3.07. The normalized spacial score (nSPS) is 17.0. The maximum atomic E-state index is 12.4. The fraction of sp³-hybridized carbons (Fsp3) is 0.417. The van der Waals surface area contributed by atoms with Gasteiger partial charge in [0.1, 0.15) is 0 Å². The molecular formula is C12H13Br2ClN2O. The molecule has 18 heavy (non-hydrogen) atoms. The van der Waals surface area contributed by atoms with E-state index in [0.29, 0.717) is 10.6 Å². The topological polar surface area (TPSA) is 23.6 Å². The van der Waals surface area contributed by atoms with E-state index in [-0.39, 0.29) is 5.91 Å². The molecule has 0 unspecified atom stereocenters. The molecule has 0 N–H and O–H groups in total. The summed E-state index contributed by atoms with van der Waals surface area (Å²) in [5, 5.41) is 0.474. The van der Waals surface area contributed by atoms with Gasteiger partial charge in [0.2, 0.25) is 0 Å². The number of hydrogen-bond acceptors (Lipinski definition) is 2. The third-order valence-electron chi connectivity index (χ3n) is 3.01. The summed E-state index contributed by atoms with van der Waals surface area (Å²) in [7, 11) is 2.06. The molecule has 1 aliphatic heterocycles. The van der Waals surface area contributed by atoms with Gasteiger partial charge in [0.05, 0.1) is 10.6 Å². The number of likely N-dealkylation sites (N-methyl/N-ethyl adjacent to an activating group) is 1. The minimum absolute atomic E-state index is 0.00454. The van der Waals surface area contributed by atoms with E-state index >= 15 is 0 Å². The molecule has 1 aliphatic rings. The monoisotopic (exact) mass is 394 g/mol. The molecule has 2 rings (SSSR count). The van der Waals surface area contributed by atoms with Crippen LogP contribution < -0.4 is 0 Å². The van der Waals surface area contributed by atoms with Crippen LogP contribution in [0.5, 0.6) is 0 Å². The molecule has 1 aromatic carbocycles. The molecule has 0 atom stereocenters. The van der Waals surface area contributed by atoms with Crippen LogP contribution in [0.15, 0.2) is 21.1 Å². The van der Waals surface area contributed by atoms with Crippen molar-refractivity contribution in [1.29, 1.82) is 0 Å². The molecule has 98 valence electrons. The Morgan fingerprint density at radius 3 is 2.44 bits per heavy atom. The lowest BCUT2D eigenvalue weighted by atomic mass is 10.2. The number of benzene rings is 1. The molecule has 0 bridgehead atoms. The maximum Gasteiger partial charge on any atom is 0.255 e. The van der Waals surface area contributed by atoms with E-state index < -0.39 is 0 Å². The van der Waals surface area contributed by atoms with Crippen LogP contribution in [0.4, 0.5) is 0 Å². The molecule has 0 saturated carbocycles. The summed E-state index contributed by atoms with van der Waals surface area (Å²) in [5.74, 6) is -0.00454. The number of carbonyl (C=O) groups excluding carboxylic acids is 1. The highest BCUT2D eigenvalue weighted by Crippen LogP contribution is 2.31. The van der Waals surface area contributed by atoms with Gasteiger partial charge in [-0.2, -0.15) is 0 Å². The van der Waals surface area contributed by atoms with Crippen LogP contribution in [0.3, 0.4) is 0 Å². The average molecular weight is 397 g/mol. The minimum atomic E-state index is -0.00454. The summed E-state index contributed by atoms with van der Waals surface area (Å²) in [6.45, 7) is 3.29. The predicted molar refractivity (Wildman–Crippen MR) is 80.3 cm³/mol. The van der Waals surface area contributed by atoms with Gasteiger partial charge in [-0.25, -0.2) is 0 Å². The van der Waals surface area contributed by atoms with Crippen molar-refractivity contribution >= 4 is 49.4 Å². The van der Waals surface area contributed by atoms with Gasteiger partial charge in [0, 0.05) is 35.1 Å². The van der Waals surface area contributed by atoms with E-state index in [1.807, 2.05) is 11.0 Å². The van der Waals surface area contributed by atoms with Gasteiger partial charge in [0.15, 0.2) is 0 Å². The second-order valence-corrected chi connectivity index (χ2v) is 6.49. The van der Waals surface area contributed by atoms with Gasteiger partial charge in [0.25, 0.3) is 5.91 Å². The lowest BCUT2D eigenvalue weighted by Crippen LogP contribution is -2.47. The smallest absolute Gasteiger partial charge is 0.255 e. The molecule has 6 heteroatoms. The fourth-order valence-electron chi connectivity index (χ4n) is 1.89. The SMILES string of the molecule is CN1CCN(C(=O)c2cc(Br)cc(Br)c2Cl)CC1. The van der Waals surface area contributed by atoms with Crippen LogP contribution >= 0.6 is 43.5 Å². The van der Waals surface area contributed by atoms with Gasteiger partial charge in [-0.1, -0.05) is 27.5 Å². The zero-order valence-corrected chi connectivity index (χ0v) is 13.8. The van der Waals surface area contributed by atoms with Crippen LogP contribution in [0, 0.1) is 0 Å². The van der Waals surface area contributed by atoms with Crippen molar-refractivity contribution in [2.45, 2.75) is 0 Å². The Morgan fingerprint density at radius 2 is 1.83 bits per heavy atom. The summed E-state index contributed by atoms with van der Waals surface area (Å²) >= 11 is 12.9. The van der Waals surface area contributed by atoms with Crippen LogP contribution in [-0.4, -0.2) is 48.9 Å². The largest absolute Gasteiger partial charge is 0.336 e. The third-order valence-corrected chi connectivity index (χ3v) is 4.73. The summed E-state index contributed by atoms with van der Waals surface area (Å²) in [4.78, 5) is 16.5. The van der Waals surface area contributed by atoms with Crippen LogP contribution in [0.1, 0.15) is 10.4 Å². The lowest BCUT2D eigenvalue weighted by molar-refractivity contribution is 0.0664. The van der Waals surface area contributed by atoms with E-state index in [1.54, 1.807) is 6.07 Å². The Balaban J connectivity index is 2.23. The molecule has 0 aliphatic carbocycles. The second kappa shape index (κ2) is 5.90. The van der Waals surface area contributed by atoms with Crippen molar-refractivity contribution in [2.24, 2.45) is 0 Å². The maximum absolute atomic E-state index is 12.4. The zero-order chi connectivity index (χ0) is 13.3. The first-order valence-corrected chi connectivity index (χ1v) is 7.58. The average Bonchev–Trinajstić information content (AvgIpc) is 2.34. The van der Waals surface area contributed by atoms with Gasteiger partial charge >= 0.3 is 0 Å². The second-order valence-electron chi connectivity index (χ2n) is 4.34. The van der Waals surface area contributed by atoms with Gasteiger partial charge in [-0.3, -0.25) is 4.79 Å². The molecule has 1 amide bonds. The Labute approximate surface area is 128 Å². The highest BCUT2D eigenvalue weighted by Gasteiger charge is 2.23. The van der Waals surface area contributed by atoms with Crippen LogP contribution in [0.25, 0.3) is 0 Å². The Morgan fingerprint density at radius 1 is 1.22 bits per heavy atom. The molecule has 0 radical (unpaired) electrons. The first-order valence-electron chi connectivity index (χ1n) is 5.61. The molecule has 3 nitrogen and oxygen atoms in total. The number of nitrogens with zero attached hydrogens (tertiary/aromatic N) is 2. The predicted octanol–water partition coefficient (Wildman–Crippen LogP) is 3.25. The molecule has 1 heterocycles. The van der Waals surface area contributed by atoms with Crippen LogP contribution in [-0.2, 0) is 0 Å². The Kier molecular flexibility index (Phi) is 4.69. The molecule has 0 spiro atoms. The van der Waals surface area contributed by atoms with Gasteiger partial charge in [-0.05, 0) is 35.1 Å². The van der Waals surface area contributed by atoms with Crippen molar-refractivity contribution in [1.82, 2.24) is 9.80 Å². The van der Waals surface area contributed by atoms with Crippen molar-refractivity contribution in [3.05, 3.63) is 31.7 Å². The standard InChI is InChI=1S/C12H13Br2ClN2O/c1-16-2-4-17(5-3-16)12(18)9-6-8(13)7-10(14)11(9)15/h6-7H,2-5H2,1H3. The van der Waals surface area contributed by atoms with Crippen molar-refractivity contribution < 1.29 is 4.79 Å². The van der Waals surface area contributed by atoms with E-state index in [9.17, 15) is 4.79 Å². The number of carbonyl (C=O) groups is 1. The lowest BCUT2D eigenvalue weighted by Gasteiger charge is -2.32. The first kappa shape index (κ1) is 14.3. The van der Waals surface area contributed by atoms with E-state index in [4.69, 9.17) is 11.6 Å². The molecule has 1 saturated heterocycles. The van der Waals surface area contributed by atoms with Crippen molar-refractivity contribution in [2.75, 3.05) is 33.2 Å². The first-order chi connectivity index (χ1) is 8.49. The number of piperazine rings is 1. The van der Waals surface area contributed by atoms with Crippen molar-refractivity contribution in [3.63, 3.8) is 0 Å². The molecule has 0 aromatic heterocycles. The fourth-order valence-corrected chi connectivity index (χ4v) is 3.31. The summed E-state index contributed by atoms with van der Waals surface area (Å²) in [6.07, 6.45) is 0. The summed E-state index contributed by atoms with van der Waals surface area (Å²) in [5.41, 5.74) is 0.544. The number of amides is 1. The minimum Gasteiger partial charge on any atom is -0.336 e. The number of hydrogen-bond donors (Lipinski definition) is 0. The van der Waals surface area contributed by atoms with E-state index in [2.05, 4.69) is 43.8 Å². The zero-order valence-electron chi connectivity index (χ0n) is 9.92. The highest BCUT2D eigenvalue weighted by atomic mass is 79.9. The van der Waals surface area contributed by atoms with E-state index in [0.717, 1.165) is 35.1 Å². The van der Waals surface area contributed by atoms with Crippen molar-refractivity contribution in [3.8, 4) is 0 Å². The summed E-state index contributed by atoms with van der Waals surface area (Å²) in [6, 6.07) is 3.61. The van der Waals surface area contributed by atoms with Crippen LogP contribution in [0.2, 0.25) is 5.02 Å². The molecule has 1 fully saturated rings. The Bertz CT molecular complexity index is 473. The highest BCUT2D eigenvalue weighted by molar-refractivity contribution is 9.11. The van der Waals surface area contributed by atoms with Gasteiger partial charge < -0.3 is 9.80 Å². The Hall–Kier alpha value is -0.100. The molecule has 1 aromatic rings. The summed E-state index contributed by atoms with van der Waals surface area (Å²) < 4.78 is 1.58. The van der Waals surface area contributed by atoms with E-state index in [1.165, 1.54) is 0 Å². The molecular weight excluding hydrogens is 383 g/mol.